The van der Waals surface area contributed by atoms with Crippen molar-refractivity contribution in [3.63, 3.8) is 0 Å². The number of hydrogen-bond acceptors (Lipinski definition) is 6. The number of aryl methyl sites for hydroxylation is 2. The highest BCUT2D eigenvalue weighted by Gasteiger charge is 2.17. The maximum Gasteiger partial charge on any atom is 0.280 e. The van der Waals surface area contributed by atoms with E-state index in [1.165, 1.54) is 24.0 Å². The minimum atomic E-state index is -0.876. The first-order chi connectivity index (χ1) is 15.8. The minimum Gasteiger partial charge on any atom is -0.493 e. The first-order valence-corrected chi connectivity index (χ1v) is 10.5. The van der Waals surface area contributed by atoms with Crippen LogP contribution in [-0.2, 0) is 20.6 Å². The van der Waals surface area contributed by atoms with Gasteiger partial charge in [0.25, 0.3) is 5.91 Å². The van der Waals surface area contributed by atoms with Gasteiger partial charge in [0.15, 0.2) is 5.65 Å². The maximum atomic E-state index is 14.2. The summed E-state index contributed by atoms with van der Waals surface area (Å²) < 4.78 is 18.9. The topological polar surface area (TPSA) is 139 Å². The molecule has 0 aromatic carbocycles. The van der Waals surface area contributed by atoms with Gasteiger partial charge in [-0.3, -0.25) is 14.0 Å². The number of H-pyrrole nitrogens is 1. The molecule has 4 aromatic rings. The number of aliphatic hydroxyl groups excluding tert-OH is 1. The molecule has 0 radical (unpaired) electrons. The molecule has 3 N–H and O–H groups in total. The SMILES string of the molecule is C[C@H](CCCO)Cn1/c(=N/C(=O)c2cc(F)nc(-c3cnn(C)c3O)c2)[nH]c2cn(C)nc21. The molecule has 0 bridgehead atoms. The Labute approximate surface area is 187 Å². The van der Waals surface area contributed by atoms with Gasteiger partial charge >= 0.3 is 0 Å². The summed E-state index contributed by atoms with van der Waals surface area (Å²) in [4.78, 5) is 24.0. The van der Waals surface area contributed by atoms with E-state index in [1.54, 1.807) is 22.5 Å². The fourth-order valence-electron chi connectivity index (χ4n) is 3.69. The molecule has 33 heavy (non-hydrogen) atoms. The molecule has 1 amide bonds. The number of carbonyl (C=O) groups is 1. The number of nitrogens with zero attached hydrogens (tertiary/aromatic N) is 7. The number of aliphatic hydroxyl groups is 1. The molecule has 4 heterocycles. The number of pyridine rings is 1. The van der Waals surface area contributed by atoms with Crippen LogP contribution in [0.4, 0.5) is 4.39 Å². The molecular formula is C21H25FN8O3. The van der Waals surface area contributed by atoms with Crippen LogP contribution in [0.5, 0.6) is 5.88 Å². The zero-order valence-corrected chi connectivity index (χ0v) is 18.5. The van der Waals surface area contributed by atoms with E-state index < -0.39 is 11.9 Å². The van der Waals surface area contributed by atoms with Gasteiger partial charge in [0.2, 0.25) is 17.4 Å². The maximum absolute atomic E-state index is 14.2. The number of aromatic amines is 1. The third-order valence-corrected chi connectivity index (χ3v) is 5.35. The summed E-state index contributed by atoms with van der Waals surface area (Å²) in [6.07, 6.45) is 4.59. The highest BCUT2D eigenvalue weighted by Crippen LogP contribution is 2.27. The van der Waals surface area contributed by atoms with Gasteiger partial charge in [-0.1, -0.05) is 6.92 Å². The van der Waals surface area contributed by atoms with Gasteiger partial charge in [-0.25, -0.2) is 9.67 Å². The predicted molar refractivity (Wildman–Crippen MR) is 116 cm³/mol. The van der Waals surface area contributed by atoms with Gasteiger partial charge in [-0.2, -0.15) is 19.6 Å². The number of aromatic nitrogens is 7. The van der Waals surface area contributed by atoms with E-state index >= 15 is 0 Å². The number of halogens is 1. The number of nitrogens with one attached hydrogen (secondary N) is 1. The van der Waals surface area contributed by atoms with Crippen LogP contribution < -0.4 is 5.62 Å². The predicted octanol–water partition coefficient (Wildman–Crippen LogP) is 1.49. The molecule has 174 valence electrons. The molecule has 0 aliphatic rings. The Morgan fingerprint density at radius 2 is 2.12 bits per heavy atom. The van der Waals surface area contributed by atoms with E-state index in [4.69, 9.17) is 5.11 Å². The third-order valence-electron chi connectivity index (χ3n) is 5.35. The molecule has 0 aliphatic heterocycles. The summed E-state index contributed by atoms with van der Waals surface area (Å²) in [7, 11) is 3.33. The van der Waals surface area contributed by atoms with E-state index in [9.17, 15) is 14.3 Å². The second-order valence-corrected chi connectivity index (χ2v) is 8.06. The molecule has 0 spiro atoms. The van der Waals surface area contributed by atoms with E-state index in [0.717, 1.165) is 12.5 Å². The van der Waals surface area contributed by atoms with E-state index in [-0.39, 0.29) is 40.8 Å². The van der Waals surface area contributed by atoms with E-state index in [2.05, 4.69) is 25.2 Å². The molecule has 1 atom stereocenters. The molecule has 0 saturated carbocycles. The van der Waals surface area contributed by atoms with Crippen molar-refractivity contribution >= 4 is 17.1 Å². The lowest BCUT2D eigenvalue weighted by molar-refractivity contribution is 0.0995. The Bertz CT molecular complexity index is 1380. The van der Waals surface area contributed by atoms with Crippen molar-refractivity contribution in [1.82, 2.24) is 34.1 Å². The van der Waals surface area contributed by atoms with Gasteiger partial charge in [0.1, 0.15) is 5.52 Å². The van der Waals surface area contributed by atoms with Crippen LogP contribution in [0.2, 0.25) is 0 Å². The number of imidazole rings is 1. The van der Waals surface area contributed by atoms with Crippen molar-refractivity contribution < 1.29 is 19.4 Å². The van der Waals surface area contributed by atoms with Crippen molar-refractivity contribution in [2.45, 2.75) is 26.3 Å². The van der Waals surface area contributed by atoms with Crippen LogP contribution in [0.1, 0.15) is 30.1 Å². The van der Waals surface area contributed by atoms with Gasteiger partial charge in [0, 0.05) is 38.9 Å². The van der Waals surface area contributed by atoms with Crippen molar-refractivity contribution in [2.24, 2.45) is 25.0 Å². The number of rotatable bonds is 7. The van der Waals surface area contributed by atoms with Gasteiger partial charge in [-0.15, -0.1) is 0 Å². The van der Waals surface area contributed by atoms with Crippen molar-refractivity contribution in [3.05, 3.63) is 41.7 Å². The van der Waals surface area contributed by atoms with E-state index in [0.29, 0.717) is 24.1 Å². The summed E-state index contributed by atoms with van der Waals surface area (Å²) in [5.41, 5.74) is 1.89. The molecule has 4 aromatic heterocycles. The van der Waals surface area contributed by atoms with E-state index in [1.807, 2.05) is 6.92 Å². The van der Waals surface area contributed by atoms with Gasteiger partial charge in [-0.05, 0) is 24.8 Å². The average molecular weight is 456 g/mol. The van der Waals surface area contributed by atoms with Crippen LogP contribution in [0.3, 0.4) is 0 Å². The Morgan fingerprint density at radius 3 is 2.82 bits per heavy atom. The normalized spacial score (nSPS) is 13.2. The largest absolute Gasteiger partial charge is 0.493 e. The molecule has 0 saturated heterocycles. The summed E-state index contributed by atoms with van der Waals surface area (Å²) in [5, 5.41) is 27.6. The lowest BCUT2D eigenvalue weighted by Crippen LogP contribution is -2.24. The number of fused-ring (bicyclic) bond motifs is 1. The molecule has 4 rings (SSSR count). The molecule has 11 nitrogen and oxygen atoms in total. The van der Waals surface area contributed by atoms with Crippen molar-refractivity contribution in [3.8, 4) is 17.1 Å². The monoisotopic (exact) mass is 456 g/mol. The summed E-state index contributed by atoms with van der Waals surface area (Å²) in [6, 6.07) is 2.36. The summed E-state index contributed by atoms with van der Waals surface area (Å²) in [6.45, 7) is 2.68. The quantitative estimate of drug-likeness (QED) is 0.360. The van der Waals surface area contributed by atoms with Crippen molar-refractivity contribution in [2.75, 3.05) is 6.61 Å². The van der Waals surface area contributed by atoms with Gasteiger partial charge < -0.3 is 15.2 Å². The Morgan fingerprint density at radius 1 is 1.33 bits per heavy atom. The number of hydrogen-bond donors (Lipinski definition) is 3. The molecule has 0 fully saturated rings. The van der Waals surface area contributed by atoms with Crippen LogP contribution in [0.25, 0.3) is 22.4 Å². The van der Waals surface area contributed by atoms with Crippen LogP contribution in [0, 0.1) is 11.9 Å². The smallest absolute Gasteiger partial charge is 0.280 e. The van der Waals surface area contributed by atoms with Crippen LogP contribution >= 0.6 is 0 Å². The standard InChI is InChI=1S/C21H25FN8O3/c1-12(5-4-6-31)10-30-18-16(11-28(2)27-18)25-21(30)26-19(32)13-7-15(24-17(22)8-13)14-9-23-29(3)20(14)33/h7-9,11-12,31,33H,4-6,10H2,1-3H3,(H,25,26,32)/t12-/m1/s1. The Hall–Kier alpha value is -3.80. The number of amides is 1. The Balaban J connectivity index is 1.74. The lowest BCUT2D eigenvalue weighted by Gasteiger charge is -2.11. The zero-order valence-electron chi connectivity index (χ0n) is 18.5. The number of aromatic hydroxyl groups is 1. The van der Waals surface area contributed by atoms with Crippen LogP contribution in [0.15, 0.2) is 29.5 Å². The first-order valence-electron chi connectivity index (χ1n) is 10.5. The highest BCUT2D eigenvalue weighted by atomic mass is 19.1. The number of carbonyl (C=O) groups excluding carboxylic acids is 1. The second kappa shape index (κ2) is 8.98. The van der Waals surface area contributed by atoms with Gasteiger partial charge in [0.05, 0.1) is 23.7 Å². The fourth-order valence-corrected chi connectivity index (χ4v) is 3.69. The molecule has 0 aliphatic carbocycles. The minimum absolute atomic E-state index is 0.0200. The average Bonchev–Trinajstić information content (AvgIpc) is 3.39. The molecular weight excluding hydrogens is 431 g/mol. The highest BCUT2D eigenvalue weighted by molar-refractivity contribution is 5.96. The Kier molecular flexibility index (Phi) is 6.09. The summed E-state index contributed by atoms with van der Waals surface area (Å²) in [5.74, 6) is -1.55. The fraction of sp³-hybridized carbons (Fsp3) is 0.381. The lowest BCUT2D eigenvalue weighted by atomic mass is 10.1. The second-order valence-electron chi connectivity index (χ2n) is 8.06. The van der Waals surface area contributed by atoms with Crippen molar-refractivity contribution in [1.29, 1.82) is 0 Å². The molecule has 12 heteroatoms. The zero-order chi connectivity index (χ0) is 23.7. The summed E-state index contributed by atoms with van der Waals surface area (Å²) >= 11 is 0. The molecule has 0 unspecified atom stereocenters. The first kappa shape index (κ1) is 22.4. The third kappa shape index (κ3) is 4.55. The van der Waals surface area contributed by atoms with Crippen LogP contribution in [-0.4, -0.2) is 56.8 Å².